The Morgan fingerprint density at radius 2 is 1.61 bits per heavy atom. The molecule has 31 heavy (non-hydrogen) atoms. The van der Waals surface area contributed by atoms with E-state index in [0.717, 1.165) is 49.1 Å². The molecule has 1 aliphatic heterocycles. The van der Waals surface area contributed by atoms with Crippen molar-refractivity contribution in [3.8, 4) is 0 Å². The van der Waals surface area contributed by atoms with Gasteiger partial charge in [0.15, 0.2) is 0 Å². The summed E-state index contributed by atoms with van der Waals surface area (Å²) in [5.74, 6) is 1.75. The van der Waals surface area contributed by atoms with Crippen LogP contribution in [0.4, 0.5) is 17.5 Å². The van der Waals surface area contributed by atoms with Gasteiger partial charge in [-0.1, -0.05) is 48.5 Å². The number of anilines is 3. The Morgan fingerprint density at radius 1 is 0.935 bits per heavy atom. The van der Waals surface area contributed by atoms with E-state index in [9.17, 15) is 4.79 Å². The number of rotatable bonds is 7. The molecule has 1 fully saturated rings. The standard InChI is InChI=1S/C25H29N5O/c1-20-19-23(27-22-12-6-3-7-13-22)28-25(26-20)30-17-15-29(16-18-30)24(31)14-8-11-21-9-4-2-5-10-21/h2-7,9-10,12-13,19H,8,11,14-18H2,1H3,(H,26,27,28). The van der Waals surface area contributed by atoms with Gasteiger partial charge in [-0.2, -0.15) is 4.98 Å². The minimum atomic E-state index is 0.243. The van der Waals surface area contributed by atoms with Crippen LogP contribution >= 0.6 is 0 Å². The Balaban J connectivity index is 1.29. The summed E-state index contributed by atoms with van der Waals surface area (Å²) in [4.78, 5) is 26.1. The molecular weight excluding hydrogens is 386 g/mol. The summed E-state index contributed by atoms with van der Waals surface area (Å²) in [6, 6.07) is 22.3. The van der Waals surface area contributed by atoms with Crippen molar-refractivity contribution < 1.29 is 4.79 Å². The largest absolute Gasteiger partial charge is 0.340 e. The van der Waals surface area contributed by atoms with E-state index in [1.807, 2.05) is 66.4 Å². The number of carbonyl (C=O) groups is 1. The first-order valence-corrected chi connectivity index (χ1v) is 10.9. The minimum Gasteiger partial charge on any atom is -0.340 e. The summed E-state index contributed by atoms with van der Waals surface area (Å²) >= 11 is 0. The normalized spacial score (nSPS) is 13.8. The third kappa shape index (κ3) is 5.81. The van der Waals surface area contributed by atoms with Gasteiger partial charge in [0.2, 0.25) is 11.9 Å². The fraction of sp³-hybridized carbons (Fsp3) is 0.320. The summed E-state index contributed by atoms with van der Waals surface area (Å²) in [7, 11) is 0. The highest BCUT2D eigenvalue weighted by Gasteiger charge is 2.22. The molecule has 1 aliphatic rings. The zero-order valence-electron chi connectivity index (χ0n) is 18.0. The smallest absolute Gasteiger partial charge is 0.227 e. The van der Waals surface area contributed by atoms with Crippen LogP contribution in [-0.4, -0.2) is 47.0 Å². The maximum atomic E-state index is 12.6. The predicted octanol–water partition coefficient (Wildman–Crippen LogP) is 4.20. The molecule has 0 spiro atoms. The van der Waals surface area contributed by atoms with Gasteiger partial charge in [0.05, 0.1) is 0 Å². The van der Waals surface area contributed by atoms with Gasteiger partial charge in [-0.05, 0) is 37.5 Å². The van der Waals surface area contributed by atoms with Crippen LogP contribution in [0.3, 0.4) is 0 Å². The van der Waals surface area contributed by atoms with Crippen LogP contribution in [0.1, 0.15) is 24.1 Å². The van der Waals surface area contributed by atoms with Crippen molar-refractivity contribution in [2.75, 3.05) is 36.4 Å². The molecule has 1 N–H and O–H groups in total. The second-order valence-electron chi connectivity index (χ2n) is 7.89. The van der Waals surface area contributed by atoms with Gasteiger partial charge in [0, 0.05) is 50.0 Å². The molecule has 2 heterocycles. The average molecular weight is 416 g/mol. The van der Waals surface area contributed by atoms with E-state index in [2.05, 4.69) is 27.3 Å². The molecule has 1 amide bonds. The molecule has 0 atom stereocenters. The highest BCUT2D eigenvalue weighted by Crippen LogP contribution is 2.19. The number of piperazine rings is 1. The summed E-state index contributed by atoms with van der Waals surface area (Å²) < 4.78 is 0. The van der Waals surface area contributed by atoms with E-state index in [-0.39, 0.29) is 5.91 Å². The molecule has 1 saturated heterocycles. The van der Waals surface area contributed by atoms with Crippen LogP contribution in [0.15, 0.2) is 66.7 Å². The average Bonchev–Trinajstić information content (AvgIpc) is 2.80. The first kappa shape index (κ1) is 20.8. The van der Waals surface area contributed by atoms with Crippen molar-refractivity contribution in [2.45, 2.75) is 26.2 Å². The van der Waals surface area contributed by atoms with E-state index in [1.165, 1.54) is 5.56 Å². The summed E-state index contributed by atoms with van der Waals surface area (Å²) in [5, 5.41) is 3.35. The van der Waals surface area contributed by atoms with Gasteiger partial charge >= 0.3 is 0 Å². The molecule has 3 aromatic rings. The molecule has 0 aliphatic carbocycles. The molecule has 0 bridgehead atoms. The lowest BCUT2D eigenvalue weighted by atomic mass is 10.1. The van der Waals surface area contributed by atoms with Crippen molar-refractivity contribution >= 4 is 23.4 Å². The second kappa shape index (κ2) is 10.1. The number of benzene rings is 2. The summed E-state index contributed by atoms with van der Waals surface area (Å²) in [5.41, 5.74) is 3.21. The number of hydrogen-bond donors (Lipinski definition) is 1. The van der Waals surface area contributed by atoms with Crippen LogP contribution in [-0.2, 0) is 11.2 Å². The van der Waals surface area contributed by atoms with Crippen LogP contribution < -0.4 is 10.2 Å². The van der Waals surface area contributed by atoms with Crippen LogP contribution in [0.25, 0.3) is 0 Å². The lowest BCUT2D eigenvalue weighted by Gasteiger charge is -2.35. The van der Waals surface area contributed by atoms with E-state index >= 15 is 0 Å². The Kier molecular flexibility index (Phi) is 6.77. The Labute approximate surface area is 183 Å². The van der Waals surface area contributed by atoms with Crippen molar-refractivity contribution in [1.29, 1.82) is 0 Å². The number of hydrogen-bond acceptors (Lipinski definition) is 5. The third-order valence-electron chi connectivity index (χ3n) is 5.50. The molecule has 6 nitrogen and oxygen atoms in total. The zero-order valence-corrected chi connectivity index (χ0v) is 18.0. The quantitative estimate of drug-likeness (QED) is 0.627. The van der Waals surface area contributed by atoms with Crippen LogP contribution in [0.2, 0.25) is 0 Å². The molecule has 160 valence electrons. The molecule has 0 radical (unpaired) electrons. The highest BCUT2D eigenvalue weighted by atomic mass is 16.2. The SMILES string of the molecule is Cc1cc(Nc2ccccc2)nc(N2CCN(C(=O)CCCc3ccccc3)CC2)n1. The van der Waals surface area contributed by atoms with Gasteiger partial charge in [0.25, 0.3) is 0 Å². The van der Waals surface area contributed by atoms with E-state index in [1.54, 1.807) is 0 Å². The lowest BCUT2D eigenvalue weighted by molar-refractivity contribution is -0.131. The number of nitrogens with zero attached hydrogens (tertiary/aromatic N) is 4. The molecule has 6 heteroatoms. The Hall–Kier alpha value is -3.41. The fourth-order valence-corrected chi connectivity index (χ4v) is 3.83. The zero-order chi connectivity index (χ0) is 21.5. The fourth-order valence-electron chi connectivity index (χ4n) is 3.83. The predicted molar refractivity (Wildman–Crippen MR) is 125 cm³/mol. The number of aryl methyl sites for hydroxylation is 2. The maximum Gasteiger partial charge on any atom is 0.227 e. The van der Waals surface area contributed by atoms with Gasteiger partial charge in [0.1, 0.15) is 5.82 Å². The summed E-state index contributed by atoms with van der Waals surface area (Å²) in [6.45, 7) is 4.90. The Bertz CT molecular complexity index is 985. The number of para-hydroxylation sites is 1. The number of amides is 1. The molecule has 1 aromatic heterocycles. The highest BCUT2D eigenvalue weighted by molar-refractivity contribution is 5.76. The first-order valence-electron chi connectivity index (χ1n) is 10.9. The van der Waals surface area contributed by atoms with E-state index in [0.29, 0.717) is 19.5 Å². The van der Waals surface area contributed by atoms with E-state index in [4.69, 9.17) is 4.98 Å². The molecule has 0 unspecified atom stereocenters. The van der Waals surface area contributed by atoms with Gasteiger partial charge in [-0.15, -0.1) is 0 Å². The monoisotopic (exact) mass is 415 g/mol. The van der Waals surface area contributed by atoms with Crippen LogP contribution in [0.5, 0.6) is 0 Å². The molecule has 0 saturated carbocycles. The van der Waals surface area contributed by atoms with E-state index < -0.39 is 0 Å². The van der Waals surface area contributed by atoms with Crippen molar-refractivity contribution in [3.05, 3.63) is 78.0 Å². The van der Waals surface area contributed by atoms with Gasteiger partial charge in [-0.3, -0.25) is 4.79 Å². The molecular formula is C25H29N5O. The Morgan fingerprint density at radius 3 is 2.32 bits per heavy atom. The van der Waals surface area contributed by atoms with Gasteiger partial charge in [-0.25, -0.2) is 4.98 Å². The first-order chi connectivity index (χ1) is 15.2. The summed E-state index contributed by atoms with van der Waals surface area (Å²) in [6.07, 6.45) is 2.43. The van der Waals surface area contributed by atoms with Crippen LogP contribution in [0, 0.1) is 6.92 Å². The second-order valence-corrected chi connectivity index (χ2v) is 7.89. The van der Waals surface area contributed by atoms with Crippen molar-refractivity contribution in [2.24, 2.45) is 0 Å². The van der Waals surface area contributed by atoms with Gasteiger partial charge < -0.3 is 15.1 Å². The number of carbonyl (C=O) groups excluding carboxylic acids is 1. The third-order valence-corrected chi connectivity index (χ3v) is 5.50. The molecule has 2 aromatic carbocycles. The van der Waals surface area contributed by atoms with Crippen molar-refractivity contribution in [3.63, 3.8) is 0 Å². The number of aromatic nitrogens is 2. The lowest BCUT2D eigenvalue weighted by Crippen LogP contribution is -2.49. The maximum absolute atomic E-state index is 12.6. The molecule has 4 rings (SSSR count). The minimum absolute atomic E-state index is 0.243. The number of nitrogens with one attached hydrogen (secondary N) is 1. The van der Waals surface area contributed by atoms with Crippen molar-refractivity contribution in [1.82, 2.24) is 14.9 Å². The topological polar surface area (TPSA) is 61.4 Å².